The molecule has 2 heterocycles. The quantitative estimate of drug-likeness (QED) is 0.220. The Morgan fingerprint density at radius 1 is 1.05 bits per heavy atom. The molecule has 3 amide bonds. The van der Waals surface area contributed by atoms with Crippen molar-refractivity contribution in [2.75, 3.05) is 32.7 Å². The molecule has 3 atom stereocenters. The maximum Gasteiger partial charge on any atom is 0.251 e. The predicted octanol–water partition coefficient (Wildman–Crippen LogP) is -0.737. The van der Waals surface area contributed by atoms with Crippen LogP contribution in [0, 0.1) is 0 Å². The fraction of sp³-hybridized carbons (Fsp3) is 0.444. The van der Waals surface area contributed by atoms with Crippen molar-refractivity contribution in [1.82, 2.24) is 25.2 Å². The summed E-state index contributed by atoms with van der Waals surface area (Å²) in [6.45, 7) is 2.01. The van der Waals surface area contributed by atoms with E-state index in [-0.39, 0.29) is 26.1 Å². The van der Waals surface area contributed by atoms with E-state index >= 15 is 0 Å². The van der Waals surface area contributed by atoms with E-state index in [4.69, 9.17) is 23.1 Å². The molecule has 0 saturated carbocycles. The summed E-state index contributed by atoms with van der Waals surface area (Å²) >= 11 is 6.11. The first-order valence-corrected chi connectivity index (χ1v) is 15.5. The molecule has 12 nitrogen and oxygen atoms in total. The van der Waals surface area contributed by atoms with Crippen LogP contribution in [-0.4, -0.2) is 86.8 Å². The molecule has 0 aliphatic carbocycles. The molecule has 4 rings (SSSR count). The molecule has 14 heteroatoms. The van der Waals surface area contributed by atoms with Gasteiger partial charge in [0.1, 0.15) is 6.04 Å². The van der Waals surface area contributed by atoms with E-state index in [0.717, 1.165) is 11.1 Å². The molecule has 41 heavy (non-hydrogen) atoms. The number of piperazine rings is 1. The smallest absolute Gasteiger partial charge is 0.251 e. The molecule has 2 aromatic rings. The van der Waals surface area contributed by atoms with Gasteiger partial charge in [-0.3, -0.25) is 14.4 Å². The minimum atomic E-state index is -4.12. The van der Waals surface area contributed by atoms with E-state index in [0.29, 0.717) is 36.8 Å². The minimum absolute atomic E-state index is 0.00607. The maximum absolute atomic E-state index is 13.9. The fourth-order valence-corrected chi connectivity index (χ4v) is 6.54. The van der Waals surface area contributed by atoms with Crippen LogP contribution in [0.2, 0.25) is 5.02 Å². The van der Waals surface area contributed by atoms with Crippen LogP contribution in [0.15, 0.2) is 48.5 Å². The van der Waals surface area contributed by atoms with E-state index in [1.165, 1.54) is 9.80 Å². The van der Waals surface area contributed by atoms with E-state index in [1.807, 2.05) is 0 Å². The highest BCUT2D eigenvalue weighted by Crippen LogP contribution is 2.21. The first kappa shape index (κ1) is 30.9. The highest BCUT2D eigenvalue weighted by Gasteiger charge is 2.44. The Kier molecular flexibility index (Phi) is 10.3. The van der Waals surface area contributed by atoms with Gasteiger partial charge in [0.25, 0.3) is 11.8 Å². The van der Waals surface area contributed by atoms with E-state index < -0.39 is 51.6 Å². The molecular weight excluding hydrogens is 570 g/mol. The van der Waals surface area contributed by atoms with Gasteiger partial charge in [-0.2, -0.15) is 4.72 Å². The second-order valence-corrected chi connectivity index (χ2v) is 12.4. The van der Waals surface area contributed by atoms with Crippen LogP contribution in [0.4, 0.5) is 0 Å². The fourth-order valence-electron chi connectivity index (χ4n) is 5.07. The Morgan fingerprint density at radius 2 is 1.76 bits per heavy atom. The van der Waals surface area contributed by atoms with E-state index in [1.54, 1.807) is 48.5 Å². The molecule has 2 aliphatic heterocycles. The number of benzene rings is 2. The molecule has 2 saturated heterocycles. The molecule has 0 bridgehead atoms. The largest absolute Gasteiger partial charge is 0.350 e. The van der Waals surface area contributed by atoms with Crippen molar-refractivity contribution in [3.05, 3.63) is 70.2 Å². The number of amides is 3. The summed E-state index contributed by atoms with van der Waals surface area (Å²) in [6.07, 6.45) is 0.155. The molecule has 1 unspecified atom stereocenters. The Labute approximate surface area is 244 Å². The molecular formula is C27H36ClN7O5S. The number of nitrogens with one attached hydrogen (secondary N) is 3. The van der Waals surface area contributed by atoms with Crippen molar-refractivity contribution < 1.29 is 22.8 Å². The average molecular weight is 606 g/mol. The second-order valence-electron chi connectivity index (χ2n) is 10.2. The highest BCUT2D eigenvalue weighted by atomic mass is 35.5. The van der Waals surface area contributed by atoms with Crippen molar-refractivity contribution in [3.63, 3.8) is 0 Å². The molecule has 7 N–H and O–H groups in total. The van der Waals surface area contributed by atoms with Gasteiger partial charge in [-0.05, 0) is 35.2 Å². The number of hydrogen-bond donors (Lipinski definition) is 5. The summed E-state index contributed by atoms with van der Waals surface area (Å²) in [5.41, 5.74) is 14.0. The topological polar surface area (TPSA) is 180 Å². The van der Waals surface area contributed by atoms with Gasteiger partial charge in [0.15, 0.2) is 6.04 Å². The molecule has 2 aromatic carbocycles. The molecule has 2 aliphatic rings. The number of nitrogens with two attached hydrogens (primary N) is 2. The third-order valence-electron chi connectivity index (χ3n) is 7.18. The lowest BCUT2D eigenvalue weighted by molar-refractivity contribution is -0.146. The second kappa shape index (κ2) is 13.7. The third-order valence-corrected chi connectivity index (χ3v) is 8.72. The van der Waals surface area contributed by atoms with Gasteiger partial charge < -0.3 is 31.9 Å². The van der Waals surface area contributed by atoms with E-state index in [2.05, 4.69) is 15.4 Å². The first-order chi connectivity index (χ1) is 19.6. The van der Waals surface area contributed by atoms with Crippen LogP contribution >= 0.6 is 11.6 Å². The Hall–Kier alpha value is -3.07. The van der Waals surface area contributed by atoms with Crippen molar-refractivity contribution in [2.24, 2.45) is 11.5 Å². The van der Waals surface area contributed by atoms with Crippen molar-refractivity contribution in [3.8, 4) is 0 Å². The third kappa shape index (κ3) is 8.03. The van der Waals surface area contributed by atoms with Gasteiger partial charge in [-0.25, -0.2) is 8.42 Å². The van der Waals surface area contributed by atoms with Crippen LogP contribution in [0.1, 0.15) is 23.1 Å². The minimum Gasteiger partial charge on any atom is -0.350 e. The van der Waals surface area contributed by atoms with Gasteiger partial charge in [0.05, 0.1) is 5.75 Å². The van der Waals surface area contributed by atoms with Crippen LogP contribution < -0.4 is 26.8 Å². The van der Waals surface area contributed by atoms with Crippen LogP contribution in [-0.2, 0) is 43.2 Å². The van der Waals surface area contributed by atoms with Crippen LogP contribution in [0.25, 0.3) is 0 Å². The molecule has 0 radical (unpaired) electrons. The van der Waals surface area contributed by atoms with Crippen molar-refractivity contribution in [1.29, 1.82) is 0 Å². The number of sulfonamides is 1. The van der Waals surface area contributed by atoms with Crippen LogP contribution in [0.3, 0.4) is 0 Å². The zero-order valence-corrected chi connectivity index (χ0v) is 24.2. The van der Waals surface area contributed by atoms with Gasteiger partial charge in [0.2, 0.25) is 15.9 Å². The molecule has 222 valence electrons. The highest BCUT2D eigenvalue weighted by molar-refractivity contribution is 7.88. The number of carbonyl (C=O) groups excluding carboxylic acids is 3. The van der Waals surface area contributed by atoms with Crippen molar-refractivity contribution in [2.45, 2.75) is 43.4 Å². The summed E-state index contributed by atoms with van der Waals surface area (Å²) in [4.78, 5) is 43.4. The summed E-state index contributed by atoms with van der Waals surface area (Å²) in [5, 5.41) is 6.43. The monoisotopic (exact) mass is 605 g/mol. The lowest BCUT2D eigenvalue weighted by Crippen LogP contribution is -2.61. The van der Waals surface area contributed by atoms with Gasteiger partial charge in [-0.15, -0.1) is 0 Å². The molecule has 0 aromatic heterocycles. The Balaban J connectivity index is 1.54. The lowest BCUT2D eigenvalue weighted by Gasteiger charge is -2.33. The SMILES string of the molecule is NCc1ccc(Cl)cc1CNC(=O)[C@@H]1C[C@H](N)CN1C(=O)C(NS(=O)(=O)Cc1ccccc1)C(=O)N1CCNCC1. The normalized spacial score (nSPS) is 20.1. The van der Waals surface area contributed by atoms with Crippen molar-refractivity contribution >= 4 is 39.3 Å². The Bertz CT molecular complexity index is 1360. The van der Waals surface area contributed by atoms with Gasteiger partial charge >= 0.3 is 0 Å². The molecule has 2 fully saturated rings. The van der Waals surface area contributed by atoms with Crippen LogP contribution in [0.5, 0.6) is 0 Å². The summed E-state index contributed by atoms with van der Waals surface area (Å²) in [7, 11) is -4.12. The zero-order valence-electron chi connectivity index (χ0n) is 22.6. The Morgan fingerprint density at radius 3 is 2.44 bits per heavy atom. The van der Waals surface area contributed by atoms with Gasteiger partial charge in [0, 0.05) is 56.9 Å². The number of hydrogen-bond acceptors (Lipinski definition) is 8. The number of likely N-dealkylation sites (tertiary alicyclic amines) is 1. The lowest BCUT2D eigenvalue weighted by atomic mass is 10.1. The standard InChI is InChI=1S/C27H36ClN7O5S/c28-21-7-6-19(14-29)20(12-21)15-32-25(36)23-13-22(30)16-35(23)27(38)24(26(37)34-10-8-31-9-11-34)33-41(39,40)17-18-4-2-1-3-5-18/h1-7,12,22-24,31,33H,8-11,13-17,29-30H2,(H,32,36)/t22-,23-,24?/m0/s1. The number of rotatable bonds is 10. The molecule has 0 spiro atoms. The maximum atomic E-state index is 13.9. The summed E-state index contributed by atoms with van der Waals surface area (Å²) in [6, 6.07) is 10.4. The number of halogens is 1. The summed E-state index contributed by atoms with van der Waals surface area (Å²) in [5.74, 6) is -2.38. The average Bonchev–Trinajstić information content (AvgIpc) is 3.36. The first-order valence-electron chi connectivity index (χ1n) is 13.4. The zero-order chi connectivity index (χ0) is 29.6. The van der Waals surface area contributed by atoms with E-state index in [9.17, 15) is 22.8 Å². The van der Waals surface area contributed by atoms with Gasteiger partial charge in [-0.1, -0.05) is 48.0 Å². The summed E-state index contributed by atoms with van der Waals surface area (Å²) < 4.78 is 28.6. The number of carbonyl (C=O) groups is 3. The number of nitrogens with zero attached hydrogens (tertiary/aromatic N) is 2. The predicted molar refractivity (Wildman–Crippen MR) is 155 cm³/mol.